The quantitative estimate of drug-likeness (QED) is 0.140. The number of carbonyl (C=O) groups is 1. The molecule has 0 unspecified atom stereocenters. The van der Waals surface area contributed by atoms with Crippen molar-refractivity contribution in [2.45, 2.75) is 0 Å². The van der Waals surface area contributed by atoms with Crippen molar-refractivity contribution >= 4 is 17.6 Å². The Kier molecular flexibility index (Phi) is 9.71. The van der Waals surface area contributed by atoms with E-state index in [9.17, 15) is 24.0 Å². The monoisotopic (exact) mass is 521 g/mol. The van der Waals surface area contributed by atoms with Crippen molar-refractivity contribution in [1.82, 2.24) is 50.1 Å². The van der Waals surface area contributed by atoms with Gasteiger partial charge < -0.3 is 20.2 Å². The number of H-pyrrole nitrogens is 7. The normalized spacial score (nSPS) is 12.5. The molecule has 7 N–H and O–H groups in total. The summed E-state index contributed by atoms with van der Waals surface area (Å²) in [5.41, 5.74) is 0.256. The molecule has 196 valence electrons. The van der Waals surface area contributed by atoms with E-state index in [0.717, 1.165) is 5.82 Å². The number of aromatic amines is 7. The van der Waals surface area contributed by atoms with Crippen molar-refractivity contribution in [3.63, 3.8) is 0 Å². The van der Waals surface area contributed by atoms with Crippen molar-refractivity contribution in [1.29, 1.82) is 0 Å². The third kappa shape index (κ3) is 9.02. The molecule has 16 heteroatoms. The van der Waals surface area contributed by atoms with Gasteiger partial charge in [0.2, 0.25) is 0 Å². The van der Waals surface area contributed by atoms with Crippen LogP contribution < -0.4 is 22.2 Å². The molecule has 5 aromatic rings. The minimum atomic E-state index is -0.126. The van der Waals surface area contributed by atoms with Crippen LogP contribution >= 0.6 is 0 Å². The molecule has 16 nitrogen and oxygen atoms in total. The van der Waals surface area contributed by atoms with Crippen molar-refractivity contribution in [3.8, 4) is 0 Å². The summed E-state index contributed by atoms with van der Waals surface area (Å²) in [7, 11) is 0. The van der Waals surface area contributed by atoms with E-state index in [2.05, 4.69) is 45.7 Å². The molecule has 5 aromatic heterocycles. The zero-order chi connectivity index (χ0) is 27.2. The summed E-state index contributed by atoms with van der Waals surface area (Å²) in [6, 6.07) is 7.45. The summed E-state index contributed by atoms with van der Waals surface area (Å²) in [6.45, 7) is 0.448. The summed E-state index contributed by atoms with van der Waals surface area (Å²) in [5.74, 6) is 0.881. The summed E-state index contributed by atoms with van der Waals surface area (Å²) in [6.07, 6.45) is 14.9. The highest BCUT2D eigenvalue weighted by atomic mass is 16.1. The second-order valence-corrected chi connectivity index (χ2v) is 7.09. The van der Waals surface area contributed by atoms with E-state index >= 15 is 0 Å². The second kappa shape index (κ2) is 13.8. The Bertz CT molecular complexity index is 1550. The van der Waals surface area contributed by atoms with Gasteiger partial charge in [-0.1, -0.05) is 0 Å². The zero-order valence-electron chi connectivity index (χ0n) is 19.6. The van der Waals surface area contributed by atoms with Crippen LogP contribution in [0.1, 0.15) is 0 Å². The number of fused-ring (bicyclic) bond motifs is 2. The van der Waals surface area contributed by atoms with Crippen molar-refractivity contribution in [2.24, 2.45) is 4.99 Å². The number of nitrogens with zero attached hydrogens (tertiary/aromatic N) is 4. The van der Waals surface area contributed by atoms with Crippen molar-refractivity contribution < 1.29 is 4.79 Å². The molecule has 0 saturated carbocycles. The number of nitrogens with one attached hydrogen (secondary N) is 7. The number of aliphatic imine (C=N–C) groups is 1. The van der Waals surface area contributed by atoms with Crippen LogP contribution in [0.5, 0.6) is 0 Å². The predicted octanol–water partition coefficient (Wildman–Crippen LogP) is -0.558. The van der Waals surface area contributed by atoms with E-state index in [1.54, 1.807) is 53.9 Å². The van der Waals surface area contributed by atoms with Gasteiger partial charge in [0.05, 0.1) is 6.54 Å². The Labute approximate surface area is 211 Å². The number of hydrogen-bond donors (Lipinski definition) is 7. The summed E-state index contributed by atoms with van der Waals surface area (Å²) >= 11 is 0. The summed E-state index contributed by atoms with van der Waals surface area (Å²) in [4.78, 5) is 61.2. The molecule has 0 fully saturated rings. The summed E-state index contributed by atoms with van der Waals surface area (Å²) < 4.78 is 1.57. The smallest absolute Gasteiger partial charge is 0.266 e. The average Bonchev–Trinajstić information content (AvgIpc) is 3.72. The average molecular weight is 521 g/mol. The number of aromatic nitrogens is 9. The molecule has 7 rings (SSSR count). The number of rotatable bonds is 0. The van der Waals surface area contributed by atoms with Crippen LogP contribution in [0.4, 0.5) is 0 Å². The first-order valence-electron chi connectivity index (χ1n) is 10.8. The molecule has 0 bridgehead atoms. The molecule has 0 aliphatic carbocycles. The highest BCUT2D eigenvalue weighted by Crippen LogP contribution is 2.15. The molecular formula is C22H23N11O5. The van der Waals surface area contributed by atoms with E-state index < -0.39 is 0 Å². The van der Waals surface area contributed by atoms with Crippen LogP contribution in [0.2, 0.25) is 0 Å². The van der Waals surface area contributed by atoms with Crippen LogP contribution in [-0.2, 0) is 4.79 Å². The van der Waals surface area contributed by atoms with Gasteiger partial charge in [-0.3, -0.25) is 44.4 Å². The van der Waals surface area contributed by atoms with E-state index in [1.807, 2.05) is 17.2 Å². The zero-order valence-corrected chi connectivity index (χ0v) is 19.6. The Hall–Kier alpha value is -5.93. The highest BCUT2D eigenvalue weighted by molar-refractivity contribution is 5.95. The summed E-state index contributed by atoms with van der Waals surface area (Å²) in [5, 5.41) is 17.0. The fourth-order valence-corrected chi connectivity index (χ4v) is 2.69. The van der Waals surface area contributed by atoms with Crippen LogP contribution in [0.3, 0.4) is 0 Å². The molecule has 0 saturated heterocycles. The minimum absolute atomic E-state index is 0.0880. The fraction of sp³-hybridized carbons (Fsp3) is 0.0455. The predicted molar refractivity (Wildman–Crippen MR) is 137 cm³/mol. The van der Waals surface area contributed by atoms with Crippen LogP contribution in [0.25, 0.3) is 5.65 Å². The topological polar surface area (TPSA) is 229 Å². The third-order valence-corrected chi connectivity index (χ3v) is 4.28. The molecule has 0 amide bonds. The van der Waals surface area contributed by atoms with Gasteiger partial charge in [0.15, 0.2) is 11.4 Å². The van der Waals surface area contributed by atoms with Gasteiger partial charge in [0.25, 0.3) is 22.2 Å². The molecule has 2 aliphatic rings. The lowest BCUT2D eigenvalue weighted by Gasteiger charge is -2.14. The van der Waals surface area contributed by atoms with E-state index in [0.29, 0.717) is 12.2 Å². The Morgan fingerprint density at radius 1 is 0.789 bits per heavy atom. The number of carbonyl (C=O) groups excluding carboxylic acids is 1. The van der Waals surface area contributed by atoms with Gasteiger partial charge in [-0.05, 0) is 12.1 Å². The number of allylic oxidation sites excluding steroid dienone is 1. The maximum atomic E-state index is 10.8. The van der Waals surface area contributed by atoms with Crippen molar-refractivity contribution in [3.05, 3.63) is 127 Å². The van der Waals surface area contributed by atoms with Gasteiger partial charge in [-0.2, -0.15) is 0 Å². The first-order valence-corrected chi connectivity index (χ1v) is 10.8. The first kappa shape index (κ1) is 26.7. The standard InChI is InChI=1S/C7H6N2O.C6H5N3O.3C3H4N2O/c10-6-4-7-8-2-1-3-9(7)5-6;10-6-4-5-7-2-1-3-9(5)8-6;3*6-3-1-2-4-5-3/h1-4H,5H2;1-4H,(H,8,10);3*1-2H,(H2,4,5,6). The van der Waals surface area contributed by atoms with Gasteiger partial charge in [-0.15, -0.1) is 0 Å². The molecule has 7 heterocycles. The maximum absolute atomic E-state index is 10.8. The van der Waals surface area contributed by atoms with Gasteiger partial charge in [0.1, 0.15) is 5.82 Å². The Morgan fingerprint density at radius 2 is 1.39 bits per heavy atom. The van der Waals surface area contributed by atoms with Gasteiger partial charge >= 0.3 is 0 Å². The van der Waals surface area contributed by atoms with Gasteiger partial charge in [0, 0.05) is 73.7 Å². The lowest BCUT2D eigenvalue weighted by Crippen LogP contribution is -2.16. The van der Waals surface area contributed by atoms with Crippen molar-refractivity contribution in [2.75, 3.05) is 6.54 Å². The Balaban J connectivity index is 0.000000135. The molecule has 0 radical (unpaired) electrons. The fourth-order valence-electron chi connectivity index (χ4n) is 2.69. The molecular weight excluding hydrogens is 498 g/mol. The molecule has 2 aliphatic heterocycles. The lowest BCUT2D eigenvalue weighted by atomic mass is 10.4. The van der Waals surface area contributed by atoms with E-state index in [-0.39, 0.29) is 28.0 Å². The molecule has 0 aromatic carbocycles. The van der Waals surface area contributed by atoms with Gasteiger partial charge in [-0.25, -0.2) is 14.5 Å². The highest BCUT2D eigenvalue weighted by Gasteiger charge is 2.18. The lowest BCUT2D eigenvalue weighted by molar-refractivity contribution is -0.113. The third-order valence-electron chi connectivity index (χ3n) is 4.28. The largest absolute Gasteiger partial charge is 0.325 e. The molecule has 0 spiro atoms. The maximum Gasteiger partial charge on any atom is 0.266 e. The molecule has 38 heavy (non-hydrogen) atoms. The van der Waals surface area contributed by atoms with E-state index in [1.165, 1.54) is 24.3 Å². The second-order valence-electron chi connectivity index (χ2n) is 7.09. The SMILES string of the molecule is O=C1C=C2N=CC=CN2C1.O=c1cc2ncccn2[nH]1.O=c1cc[nH][nH]1.O=c1cc[nH][nH]1.O=c1cc[nH][nH]1. The minimum Gasteiger partial charge on any atom is -0.325 e. The Morgan fingerprint density at radius 3 is 1.84 bits per heavy atom. The number of ketones is 1. The first-order chi connectivity index (χ1) is 18.4. The van der Waals surface area contributed by atoms with Crippen LogP contribution in [-0.4, -0.2) is 68.6 Å². The van der Waals surface area contributed by atoms with Crippen LogP contribution in [0, 0.1) is 0 Å². The number of hydrogen-bond acceptors (Lipinski definition) is 8. The van der Waals surface area contributed by atoms with E-state index in [4.69, 9.17) is 0 Å². The molecule has 0 atom stereocenters. The van der Waals surface area contributed by atoms with Crippen LogP contribution in [0.15, 0.2) is 110 Å².